The first kappa shape index (κ1) is 13.3. The molecule has 0 bridgehead atoms. The Morgan fingerprint density at radius 2 is 2.00 bits per heavy atom. The molecule has 0 rings (SSSR count). The Balaban J connectivity index is 0. The molecule has 0 fully saturated rings. The van der Waals surface area contributed by atoms with Gasteiger partial charge in [0.25, 0.3) is 0 Å². The van der Waals surface area contributed by atoms with Crippen molar-refractivity contribution < 1.29 is 4.79 Å². The SMILES string of the molecule is CC(CN)N(C)C(=O)CN.Cl. The summed E-state index contributed by atoms with van der Waals surface area (Å²) in [6.07, 6.45) is 0. The van der Waals surface area contributed by atoms with Crippen LogP contribution in [0.1, 0.15) is 6.92 Å². The van der Waals surface area contributed by atoms with Crippen molar-refractivity contribution in [2.45, 2.75) is 13.0 Å². The summed E-state index contributed by atoms with van der Waals surface area (Å²) in [6, 6.07) is 0.0797. The number of carbonyl (C=O) groups excluding carboxylic acids is 1. The third kappa shape index (κ3) is 4.19. The van der Waals surface area contributed by atoms with Crippen LogP contribution in [-0.4, -0.2) is 37.0 Å². The molecular weight excluding hydrogens is 166 g/mol. The Kier molecular flexibility index (Phi) is 7.72. The lowest BCUT2D eigenvalue weighted by molar-refractivity contribution is -0.129. The van der Waals surface area contributed by atoms with Gasteiger partial charge in [-0.15, -0.1) is 12.4 Å². The van der Waals surface area contributed by atoms with Gasteiger partial charge < -0.3 is 16.4 Å². The molecule has 1 atom stereocenters. The number of halogens is 1. The van der Waals surface area contributed by atoms with Crippen LogP contribution in [0.3, 0.4) is 0 Å². The largest absolute Gasteiger partial charge is 0.341 e. The molecule has 0 aliphatic heterocycles. The molecule has 0 spiro atoms. The van der Waals surface area contributed by atoms with Crippen LogP contribution in [0.15, 0.2) is 0 Å². The van der Waals surface area contributed by atoms with Crippen molar-refractivity contribution in [1.82, 2.24) is 4.90 Å². The Morgan fingerprint density at radius 3 is 2.27 bits per heavy atom. The van der Waals surface area contributed by atoms with E-state index in [0.29, 0.717) is 6.54 Å². The van der Waals surface area contributed by atoms with Crippen molar-refractivity contribution in [2.75, 3.05) is 20.1 Å². The minimum absolute atomic E-state index is 0. The van der Waals surface area contributed by atoms with E-state index in [1.54, 1.807) is 11.9 Å². The van der Waals surface area contributed by atoms with E-state index in [2.05, 4.69) is 0 Å². The first-order valence-electron chi connectivity index (χ1n) is 3.29. The summed E-state index contributed by atoms with van der Waals surface area (Å²) in [5, 5.41) is 0. The highest BCUT2D eigenvalue weighted by molar-refractivity contribution is 5.85. The van der Waals surface area contributed by atoms with Crippen LogP contribution >= 0.6 is 12.4 Å². The molecule has 0 saturated heterocycles. The average Bonchev–Trinajstić information content (AvgIpc) is 2.00. The van der Waals surface area contributed by atoms with Crippen molar-refractivity contribution in [2.24, 2.45) is 11.5 Å². The lowest BCUT2D eigenvalue weighted by Gasteiger charge is -2.22. The van der Waals surface area contributed by atoms with Crippen LogP contribution in [0, 0.1) is 0 Å². The quantitative estimate of drug-likeness (QED) is 0.597. The van der Waals surface area contributed by atoms with Gasteiger partial charge in [0.05, 0.1) is 6.54 Å². The van der Waals surface area contributed by atoms with Crippen LogP contribution in [0.5, 0.6) is 0 Å². The van der Waals surface area contributed by atoms with E-state index in [9.17, 15) is 4.79 Å². The maximum absolute atomic E-state index is 10.9. The molecular formula is C6H16ClN3O. The van der Waals surface area contributed by atoms with E-state index < -0.39 is 0 Å². The minimum Gasteiger partial charge on any atom is -0.341 e. The summed E-state index contributed by atoms with van der Waals surface area (Å²) in [4.78, 5) is 12.4. The van der Waals surface area contributed by atoms with Gasteiger partial charge in [-0.05, 0) is 6.92 Å². The van der Waals surface area contributed by atoms with Gasteiger partial charge in [0.15, 0.2) is 0 Å². The third-order valence-electron chi connectivity index (χ3n) is 1.57. The van der Waals surface area contributed by atoms with Gasteiger partial charge >= 0.3 is 0 Å². The van der Waals surface area contributed by atoms with E-state index >= 15 is 0 Å². The summed E-state index contributed by atoms with van der Waals surface area (Å²) in [6.45, 7) is 2.41. The van der Waals surface area contributed by atoms with Crippen molar-refractivity contribution in [1.29, 1.82) is 0 Å². The summed E-state index contributed by atoms with van der Waals surface area (Å²) < 4.78 is 0. The van der Waals surface area contributed by atoms with Crippen molar-refractivity contribution >= 4 is 18.3 Å². The molecule has 1 unspecified atom stereocenters. The van der Waals surface area contributed by atoms with Crippen LogP contribution in [0.25, 0.3) is 0 Å². The molecule has 0 aromatic rings. The molecule has 11 heavy (non-hydrogen) atoms. The number of likely N-dealkylation sites (N-methyl/N-ethyl adjacent to an activating group) is 1. The smallest absolute Gasteiger partial charge is 0.236 e. The zero-order chi connectivity index (χ0) is 8.15. The lowest BCUT2D eigenvalue weighted by atomic mass is 10.3. The summed E-state index contributed by atoms with van der Waals surface area (Å²) >= 11 is 0. The van der Waals surface area contributed by atoms with E-state index in [-0.39, 0.29) is 30.9 Å². The van der Waals surface area contributed by atoms with Gasteiger partial charge in [0.2, 0.25) is 5.91 Å². The Bertz CT molecular complexity index is 120. The second-order valence-corrected chi connectivity index (χ2v) is 2.29. The van der Waals surface area contributed by atoms with Gasteiger partial charge in [-0.1, -0.05) is 0 Å². The van der Waals surface area contributed by atoms with Crippen LogP contribution in [0.4, 0.5) is 0 Å². The van der Waals surface area contributed by atoms with E-state index in [4.69, 9.17) is 11.5 Å². The molecule has 0 saturated carbocycles. The van der Waals surface area contributed by atoms with Gasteiger partial charge in [0, 0.05) is 19.6 Å². The Labute approximate surface area is 73.3 Å². The van der Waals surface area contributed by atoms with Gasteiger partial charge in [-0.25, -0.2) is 0 Å². The van der Waals surface area contributed by atoms with Crippen LogP contribution in [-0.2, 0) is 4.79 Å². The van der Waals surface area contributed by atoms with Crippen molar-refractivity contribution in [3.63, 3.8) is 0 Å². The van der Waals surface area contributed by atoms with E-state index in [1.807, 2.05) is 6.92 Å². The molecule has 1 amide bonds. The Morgan fingerprint density at radius 1 is 1.55 bits per heavy atom. The molecule has 4 nitrogen and oxygen atoms in total. The molecule has 0 radical (unpaired) electrons. The molecule has 4 N–H and O–H groups in total. The van der Waals surface area contributed by atoms with Gasteiger partial charge in [-0.3, -0.25) is 4.79 Å². The predicted molar refractivity (Wildman–Crippen MR) is 47.6 cm³/mol. The molecule has 0 aromatic heterocycles. The maximum Gasteiger partial charge on any atom is 0.236 e. The molecule has 0 aromatic carbocycles. The monoisotopic (exact) mass is 181 g/mol. The molecule has 5 heteroatoms. The number of nitrogens with two attached hydrogens (primary N) is 2. The minimum atomic E-state index is -0.0713. The van der Waals surface area contributed by atoms with Crippen molar-refractivity contribution in [3.8, 4) is 0 Å². The highest BCUT2D eigenvalue weighted by Gasteiger charge is 2.11. The highest BCUT2D eigenvalue weighted by atomic mass is 35.5. The number of nitrogens with zero attached hydrogens (tertiary/aromatic N) is 1. The predicted octanol–water partition coefficient (Wildman–Crippen LogP) is -0.827. The maximum atomic E-state index is 10.9. The molecule has 0 aliphatic carbocycles. The van der Waals surface area contributed by atoms with Crippen LogP contribution in [0.2, 0.25) is 0 Å². The second-order valence-electron chi connectivity index (χ2n) is 2.29. The number of amides is 1. The topological polar surface area (TPSA) is 72.3 Å². The first-order chi connectivity index (χ1) is 4.63. The first-order valence-corrected chi connectivity index (χ1v) is 3.29. The number of rotatable bonds is 3. The third-order valence-corrected chi connectivity index (χ3v) is 1.57. The summed E-state index contributed by atoms with van der Waals surface area (Å²) in [7, 11) is 1.70. The zero-order valence-electron chi connectivity index (χ0n) is 6.91. The van der Waals surface area contributed by atoms with Gasteiger partial charge in [-0.2, -0.15) is 0 Å². The average molecular weight is 182 g/mol. The number of carbonyl (C=O) groups is 1. The number of hydrogen-bond acceptors (Lipinski definition) is 3. The molecule has 68 valence electrons. The highest BCUT2D eigenvalue weighted by Crippen LogP contribution is 1.91. The molecule has 0 heterocycles. The van der Waals surface area contributed by atoms with Crippen molar-refractivity contribution in [3.05, 3.63) is 0 Å². The fourth-order valence-electron chi connectivity index (χ4n) is 0.548. The van der Waals surface area contributed by atoms with E-state index in [1.165, 1.54) is 0 Å². The second kappa shape index (κ2) is 6.39. The lowest BCUT2D eigenvalue weighted by Crippen LogP contribution is -2.42. The standard InChI is InChI=1S/C6H15N3O.ClH/c1-5(3-7)9(2)6(10)4-8;/h5H,3-4,7-8H2,1-2H3;1H. The van der Waals surface area contributed by atoms with Crippen LogP contribution < -0.4 is 11.5 Å². The zero-order valence-corrected chi connectivity index (χ0v) is 7.73. The summed E-state index contributed by atoms with van der Waals surface area (Å²) in [5.74, 6) is -0.0713. The number of hydrogen-bond donors (Lipinski definition) is 2. The summed E-state index contributed by atoms with van der Waals surface area (Å²) in [5.41, 5.74) is 10.5. The Hall–Kier alpha value is -0.320. The molecule has 0 aliphatic rings. The van der Waals surface area contributed by atoms with Gasteiger partial charge in [0.1, 0.15) is 0 Å². The fraction of sp³-hybridized carbons (Fsp3) is 0.833. The fourth-order valence-corrected chi connectivity index (χ4v) is 0.548. The normalized spacial score (nSPS) is 11.6. The van der Waals surface area contributed by atoms with E-state index in [0.717, 1.165) is 0 Å².